The van der Waals surface area contributed by atoms with E-state index in [1.165, 1.54) is 35.6 Å². The molecule has 0 heterocycles. The molecule has 2 aromatic carbocycles. The molecule has 5 nitrogen and oxygen atoms in total. The van der Waals surface area contributed by atoms with Gasteiger partial charge in [-0.3, -0.25) is 14.8 Å². The number of rotatable bonds is 4. The first-order valence-corrected chi connectivity index (χ1v) is 7.40. The highest BCUT2D eigenvalue weighted by Crippen LogP contribution is 2.30. The minimum absolute atomic E-state index is 0.116. The van der Waals surface area contributed by atoms with Crippen LogP contribution in [0.4, 0.5) is 18.9 Å². The summed E-state index contributed by atoms with van der Waals surface area (Å²) in [5, 5.41) is 8.51. The Labute approximate surface area is 147 Å². The number of alkyl halides is 3. The number of amides is 2. The first kappa shape index (κ1) is 19.2. The predicted molar refractivity (Wildman–Crippen MR) is 89.6 cm³/mol. The van der Waals surface area contributed by atoms with Crippen molar-refractivity contribution in [1.82, 2.24) is 5.48 Å². The standard InChI is InChI=1S/C18H15F3N2O3/c1-23(15-8-3-2-5-12(15)9-10-16(24)22-26)17(25)13-6-4-7-14(11-13)18(19,20)21/h2-11,26H,1H3,(H,22,24)/b10-9+. The number of carbonyl (C=O) groups is 2. The van der Waals surface area contributed by atoms with Gasteiger partial charge in [-0.15, -0.1) is 0 Å². The van der Waals surface area contributed by atoms with Gasteiger partial charge in [0.05, 0.1) is 11.3 Å². The van der Waals surface area contributed by atoms with Crippen molar-refractivity contribution in [3.05, 3.63) is 71.3 Å². The van der Waals surface area contributed by atoms with Gasteiger partial charge in [0.15, 0.2) is 0 Å². The molecule has 2 amide bonds. The van der Waals surface area contributed by atoms with E-state index in [1.807, 2.05) is 0 Å². The molecule has 0 aliphatic heterocycles. The highest BCUT2D eigenvalue weighted by Gasteiger charge is 2.31. The summed E-state index contributed by atoms with van der Waals surface area (Å²) in [6, 6.07) is 10.7. The number of nitrogens with one attached hydrogen (secondary N) is 1. The summed E-state index contributed by atoms with van der Waals surface area (Å²) in [6.45, 7) is 0. The van der Waals surface area contributed by atoms with Crippen LogP contribution in [0.5, 0.6) is 0 Å². The van der Waals surface area contributed by atoms with Crippen LogP contribution in [0.25, 0.3) is 6.08 Å². The van der Waals surface area contributed by atoms with Crippen LogP contribution in [0.15, 0.2) is 54.6 Å². The van der Waals surface area contributed by atoms with Gasteiger partial charge in [0.2, 0.25) is 0 Å². The Morgan fingerprint density at radius 1 is 1.12 bits per heavy atom. The summed E-state index contributed by atoms with van der Waals surface area (Å²) in [7, 11) is 1.42. The third-order valence-electron chi connectivity index (χ3n) is 3.56. The van der Waals surface area contributed by atoms with Crippen LogP contribution in [-0.4, -0.2) is 24.1 Å². The lowest BCUT2D eigenvalue weighted by molar-refractivity contribution is -0.137. The number of hydroxylamine groups is 1. The number of carbonyl (C=O) groups excluding carboxylic acids is 2. The van der Waals surface area contributed by atoms with Gasteiger partial charge in [0.1, 0.15) is 0 Å². The van der Waals surface area contributed by atoms with Crippen molar-refractivity contribution in [1.29, 1.82) is 0 Å². The van der Waals surface area contributed by atoms with Crippen molar-refractivity contribution in [3.63, 3.8) is 0 Å². The molecule has 0 bridgehead atoms. The van der Waals surface area contributed by atoms with Gasteiger partial charge >= 0.3 is 6.18 Å². The number of hydrogen-bond acceptors (Lipinski definition) is 3. The Balaban J connectivity index is 2.35. The van der Waals surface area contributed by atoms with E-state index in [9.17, 15) is 22.8 Å². The average molecular weight is 364 g/mol. The van der Waals surface area contributed by atoms with Gasteiger partial charge in [0.25, 0.3) is 11.8 Å². The molecular formula is C18H15F3N2O3. The number of nitrogens with zero attached hydrogens (tertiary/aromatic N) is 1. The number of anilines is 1. The Kier molecular flexibility index (Phi) is 5.78. The van der Waals surface area contributed by atoms with Gasteiger partial charge < -0.3 is 4.90 Å². The minimum Gasteiger partial charge on any atom is -0.311 e. The maximum Gasteiger partial charge on any atom is 0.416 e. The molecule has 0 unspecified atom stereocenters. The Bertz CT molecular complexity index is 848. The molecule has 26 heavy (non-hydrogen) atoms. The second kappa shape index (κ2) is 7.83. The summed E-state index contributed by atoms with van der Waals surface area (Å²) < 4.78 is 38.5. The van der Waals surface area contributed by atoms with Crippen molar-refractivity contribution in [2.24, 2.45) is 0 Å². The third-order valence-corrected chi connectivity index (χ3v) is 3.56. The molecule has 0 spiro atoms. The fraction of sp³-hybridized carbons (Fsp3) is 0.111. The normalized spacial score (nSPS) is 11.4. The minimum atomic E-state index is -4.55. The van der Waals surface area contributed by atoms with Crippen molar-refractivity contribution in [2.45, 2.75) is 6.18 Å². The van der Waals surface area contributed by atoms with Gasteiger partial charge in [-0.05, 0) is 35.9 Å². The van der Waals surface area contributed by atoms with E-state index in [-0.39, 0.29) is 5.56 Å². The summed E-state index contributed by atoms with van der Waals surface area (Å²) in [5.41, 5.74) is 1.27. The van der Waals surface area contributed by atoms with Crippen molar-refractivity contribution < 1.29 is 28.0 Å². The quantitative estimate of drug-likeness (QED) is 0.496. The molecule has 0 aromatic heterocycles. The smallest absolute Gasteiger partial charge is 0.311 e. The van der Waals surface area contributed by atoms with Crippen molar-refractivity contribution in [2.75, 3.05) is 11.9 Å². The van der Waals surface area contributed by atoms with Crippen LogP contribution in [0.2, 0.25) is 0 Å². The van der Waals surface area contributed by atoms with E-state index in [0.717, 1.165) is 18.2 Å². The predicted octanol–water partition coefficient (Wildman–Crippen LogP) is 3.50. The number of benzene rings is 2. The number of halogens is 3. The number of para-hydroxylation sites is 1. The maximum absolute atomic E-state index is 12.8. The average Bonchev–Trinajstić information content (AvgIpc) is 2.64. The lowest BCUT2D eigenvalue weighted by atomic mass is 10.1. The highest BCUT2D eigenvalue weighted by molar-refractivity contribution is 6.07. The van der Waals surface area contributed by atoms with E-state index in [4.69, 9.17) is 5.21 Å². The zero-order valence-corrected chi connectivity index (χ0v) is 13.6. The molecule has 0 atom stereocenters. The van der Waals surface area contributed by atoms with Crippen molar-refractivity contribution in [3.8, 4) is 0 Å². The van der Waals surface area contributed by atoms with Crippen molar-refractivity contribution >= 4 is 23.6 Å². The van der Waals surface area contributed by atoms with Crippen LogP contribution >= 0.6 is 0 Å². The lowest BCUT2D eigenvalue weighted by Gasteiger charge is -2.20. The maximum atomic E-state index is 12.8. The van der Waals surface area contributed by atoms with Crippen LogP contribution in [-0.2, 0) is 11.0 Å². The molecular weight excluding hydrogens is 349 g/mol. The van der Waals surface area contributed by atoms with E-state index in [0.29, 0.717) is 11.3 Å². The Morgan fingerprint density at radius 2 is 1.81 bits per heavy atom. The largest absolute Gasteiger partial charge is 0.416 e. The Morgan fingerprint density at radius 3 is 2.46 bits per heavy atom. The Hall–Kier alpha value is -3.13. The second-order valence-electron chi connectivity index (χ2n) is 5.31. The summed E-state index contributed by atoms with van der Waals surface area (Å²) in [5.74, 6) is -1.39. The molecule has 2 N–H and O–H groups in total. The molecule has 0 radical (unpaired) electrons. The molecule has 2 aromatic rings. The summed E-state index contributed by atoms with van der Waals surface area (Å²) in [6.07, 6.45) is -2.12. The van der Waals surface area contributed by atoms with E-state index in [2.05, 4.69) is 0 Å². The highest BCUT2D eigenvalue weighted by atomic mass is 19.4. The molecule has 0 saturated carbocycles. The van der Waals surface area contributed by atoms with Crippen LogP contribution < -0.4 is 10.4 Å². The van der Waals surface area contributed by atoms with E-state index in [1.54, 1.807) is 24.3 Å². The van der Waals surface area contributed by atoms with Gasteiger partial charge in [-0.1, -0.05) is 24.3 Å². The van der Waals surface area contributed by atoms with Crippen LogP contribution in [0.1, 0.15) is 21.5 Å². The first-order chi connectivity index (χ1) is 12.2. The first-order valence-electron chi connectivity index (χ1n) is 7.40. The summed E-state index contributed by atoms with van der Waals surface area (Å²) >= 11 is 0. The van der Waals surface area contributed by atoms with Crippen LogP contribution in [0.3, 0.4) is 0 Å². The van der Waals surface area contributed by atoms with Crippen LogP contribution in [0, 0.1) is 0 Å². The SMILES string of the molecule is CN(C(=O)c1cccc(C(F)(F)F)c1)c1ccccc1/C=C/C(=O)NO. The molecule has 0 fully saturated rings. The summed E-state index contributed by atoms with van der Waals surface area (Å²) in [4.78, 5) is 24.9. The lowest BCUT2D eigenvalue weighted by Crippen LogP contribution is -2.27. The van der Waals surface area contributed by atoms with Gasteiger partial charge in [-0.25, -0.2) is 5.48 Å². The zero-order valence-electron chi connectivity index (χ0n) is 13.6. The van der Waals surface area contributed by atoms with E-state index >= 15 is 0 Å². The molecule has 2 rings (SSSR count). The fourth-order valence-electron chi connectivity index (χ4n) is 2.27. The van der Waals surface area contributed by atoms with Gasteiger partial charge in [0, 0.05) is 18.7 Å². The molecule has 0 aliphatic rings. The van der Waals surface area contributed by atoms with E-state index < -0.39 is 23.6 Å². The molecule has 8 heteroatoms. The topological polar surface area (TPSA) is 69.6 Å². The fourth-order valence-corrected chi connectivity index (χ4v) is 2.27. The zero-order chi connectivity index (χ0) is 19.3. The second-order valence-corrected chi connectivity index (χ2v) is 5.31. The van der Waals surface area contributed by atoms with Gasteiger partial charge in [-0.2, -0.15) is 13.2 Å². The molecule has 0 aliphatic carbocycles. The molecule has 136 valence electrons. The third kappa shape index (κ3) is 4.48. The number of hydrogen-bond donors (Lipinski definition) is 2. The monoisotopic (exact) mass is 364 g/mol. The molecule has 0 saturated heterocycles.